The van der Waals surface area contributed by atoms with Gasteiger partial charge in [0.2, 0.25) is 5.91 Å². The van der Waals surface area contributed by atoms with Gasteiger partial charge in [0.15, 0.2) is 10.8 Å². The second-order valence-corrected chi connectivity index (χ2v) is 10.3. The van der Waals surface area contributed by atoms with E-state index in [1.165, 1.54) is 20.5 Å². The monoisotopic (exact) mass is 487 g/mol. The van der Waals surface area contributed by atoms with Crippen molar-refractivity contribution in [2.24, 2.45) is 5.92 Å². The maximum atomic E-state index is 13.2. The molecule has 1 fully saturated rings. The molecule has 3 aromatic rings. The summed E-state index contributed by atoms with van der Waals surface area (Å²) in [6.45, 7) is 6.01. The summed E-state index contributed by atoms with van der Waals surface area (Å²) in [5, 5.41) is 3.60. The zero-order valence-electron chi connectivity index (χ0n) is 19.2. The quantitative estimate of drug-likeness (QED) is 0.512. The van der Waals surface area contributed by atoms with Crippen molar-refractivity contribution in [3.05, 3.63) is 45.1 Å². The molecular formula is C23H29N5O3S2. The number of thioether (sulfide) groups is 1. The predicted octanol–water partition coefficient (Wildman–Crippen LogP) is 3.63. The number of hydrogen-bond donors (Lipinski definition) is 1. The van der Waals surface area contributed by atoms with Crippen LogP contribution in [0.3, 0.4) is 0 Å². The zero-order valence-corrected chi connectivity index (χ0v) is 20.8. The number of fused-ring (bicyclic) bond motifs is 1. The first kappa shape index (κ1) is 23.6. The number of nitrogens with zero attached hydrogens (tertiary/aromatic N) is 4. The molecule has 1 aliphatic heterocycles. The van der Waals surface area contributed by atoms with Crippen LogP contribution in [0.4, 0.5) is 10.8 Å². The van der Waals surface area contributed by atoms with Crippen molar-refractivity contribution in [3.8, 4) is 0 Å². The van der Waals surface area contributed by atoms with Crippen LogP contribution in [0.5, 0.6) is 0 Å². The van der Waals surface area contributed by atoms with Crippen molar-refractivity contribution in [3.63, 3.8) is 0 Å². The molecule has 33 heavy (non-hydrogen) atoms. The average molecular weight is 488 g/mol. The number of carbonyl (C=O) groups is 1. The second-order valence-electron chi connectivity index (χ2n) is 8.42. The van der Waals surface area contributed by atoms with Crippen molar-refractivity contribution in [1.29, 1.82) is 0 Å². The Hall–Kier alpha value is -2.59. The largest absolute Gasteiger partial charge is 0.348 e. The summed E-state index contributed by atoms with van der Waals surface area (Å²) in [5.41, 5.74) is 0.144. The molecule has 0 atom stereocenters. The average Bonchev–Trinajstić information content (AvgIpc) is 3.25. The van der Waals surface area contributed by atoms with Gasteiger partial charge < -0.3 is 10.2 Å². The number of thiazole rings is 1. The highest BCUT2D eigenvalue weighted by Gasteiger charge is 2.23. The lowest BCUT2D eigenvalue weighted by Crippen LogP contribution is -2.41. The molecule has 10 heteroatoms. The predicted molar refractivity (Wildman–Crippen MR) is 136 cm³/mol. The SMILES string of the molecule is CCCn1c(=O)c2sc(N3CCC(C)CC3)nc2n(CC(=O)Nc2cccc(SC)c2)c1=O. The van der Waals surface area contributed by atoms with E-state index in [1.807, 2.05) is 37.4 Å². The van der Waals surface area contributed by atoms with E-state index in [-0.39, 0.29) is 18.0 Å². The highest BCUT2D eigenvalue weighted by molar-refractivity contribution is 7.98. The molecule has 1 aromatic carbocycles. The number of carbonyl (C=O) groups excluding carboxylic acids is 1. The Morgan fingerprint density at radius 1 is 1.24 bits per heavy atom. The number of anilines is 2. The van der Waals surface area contributed by atoms with Gasteiger partial charge in [-0.1, -0.05) is 31.3 Å². The fraction of sp³-hybridized carbons (Fsp3) is 0.478. The Morgan fingerprint density at radius 2 is 2.00 bits per heavy atom. The lowest BCUT2D eigenvalue weighted by Gasteiger charge is -2.29. The third kappa shape index (κ3) is 5.01. The molecule has 8 nitrogen and oxygen atoms in total. The Morgan fingerprint density at radius 3 is 2.70 bits per heavy atom. The van der Waals surface area contributed by atoms with Crippen molar-refractivity contribution in [2.45, 2.75) is 51.1 Å². The van der Waals surface area contributed by atoms with Gasteiger partial charge in [-0.05, 0) is 49.6 Å². The van der Waals surface area contributed by atoms with E-state index in [0.717, 1.165) is 36.0 Å². The van der Waals surface area contributed by atoms with Crippen molar-refractivity contribution >= 4 is 50.2 Å². The van der Waals surface area contributed by atoms with Gasteiger partial charge in [-0.25, -0.2) is 9.78 Å². The van der Waals surface area contributed by atoms with E-state index in [2.05, 4.69) is 22.1 Å². The summed E-state index contributed by atoms with van der Waals surface area (Å²) in [4.78, 5) is 47.1. The standard InChI is InChI=1S/C23H29N5O3S2/c1-4-10-27-21(30)19-20(25-22(33-19)26-11-8-15(2)9-12-26)28(23(27)31)14-18(29)24-16-6-5-7-17(13-16)32-3/h5-7,13,15H,4,8-12,14H2,1-3H3,(H,24,29). The highest BCUT2D eigenvalue weighted by atomic mass is 32.2. The molecule has 1 N–H and O–H groups in total. The van der Waals surface area contributed by atoms with Gasteiger partial charge in [0.1, 0.15) is 11.2 Å². The molecule has 1 aliphatic rings. The number of nitrogens with one attached hydrogen (secondary N) is 1. The van der Waals surface area contributed by atoms with Crippen LogP contribution >= 0.6 is 23.1 Å². The normalized spacial score (nSPS) is 14.7. The Kier molecular flexibility index (Phi) is 7.23. The Balaban J connectivity index is 1.71. The van der Waals surface area contributed by atoms with Crippen LogP contribution in [0.1, 0.15) is 33.1 Å². The van der Waals surface area contributed by atoms with Crippen molar-refractivity contribution in [2.75, 3.05) is 29.6 Å². The van der Waals surface area contributed by atoms with Gasteiger partial charge in [0, 0.05) is 30.2 Å². The molecule has 2 aromatic heterocycles. The van der Waals surface area contributed by atoms with Gasteiger partial charge in [-0.3, -0.25) is 18.7 Å². The number of piperidine rings is 1. The molecule has 176 valence electrons. The fourth-order valence-electron chi connectivity index (χ4n) is 4.01. The van der Waals surface area contributed by atoms with E-state index < -0.39 is 5.69 Å². The molecule has 4 rings (SSSR count). The van der Waals surface area contributed by atoms with E-state index in [4.69, 9.17) is 0 Å². The fourth-order valence-corrected chi connectivity index (χ4v) is 5.54. The van der Waals surface area contributed by atoms with E-state index in [0.29, 0.717) is 34.9 Å². The molecule has 0 bridgehead atoms. The van der Waals surface area contributed by atoms with Crippen LogP contribution in [0.2, 0.25) is 0 Å². The maximum absolute atomic E-state index is 13.2. The number of rotatable bonds is 7. The summed E-state index contributed by atoms with van der Waals surface area (Å²) in [5.74, 6) is 0.337. The third-order valence-corrected chi connectivity index (χ3v) is 7.73. The molecule has 0 aliphatic carbocycles. The van der Waals surface area contributed by atoms with Crippen molar-refractivity contribution in [1.82, 2.24) is 14.1 Å². The van der Waals surface area contributed by atoms with Crippen LogP contribution < -0.4 is 21.5 Å². The van der Waals surface area contributed by atoms with Crippen LogP contribution in [-0.2, 0) is 17.9 Å². The first-order chi connectivity index (χ1) is 15.9. The summed E-state index contributed by atoms with van der Waals surface area (Å²) in [6, 6.07) is 7.54. The van der Waals surface area contributed by atoms with Gasteiger partial charge >= 0.3 is 5.69 Å². The van der Waals surface area contributed by atoms with Crippen LogP contribution in [0.15, 0.2) is 38.8 Å². The van der Waals surface area contributed by atoms with Crippen molar-refractivity contribution < 1.29 is 4.79 Å². The summed E-state index contributed by atoms with van der Waals surface area (Å²) in [7, 11) is 0. The van der Waals surface area contributed by atoms with Gasteiger partial charge in [-0.15, -0.1) is 11.8 Å². The van der Waals surface area contributed by atoms with Gasteiger partial charge in [0.05, 0.1) is 0 Å². The molecule has 0 radical (unpaired) electrons. The topological polar surface area (TPSA) is 89.2 Å². The minimum atomic E-state index is -0.494. The van der Waals surface area contributed by atoms with E-state index >= 15 is 0 Å². The van der Waals surface area contributed by atoms with Crippen LogP contribution in [0, 0.1) is 5.92 Å². The minimum absolute atomic E-state index is 0.205. The minimum Gasteiger partial charge on any atom is -0.348 e. The summed E-state index contributed by atoms with van der Waals surface area (Å²) < 4.78 is 2.99. The Bertz CT molecular complexity index is 1270. The Labute approximate surface area is 200 Å². The summed E-state index contributed by atoms with van der Waals surface area (Å²) >= 11 is 2.90. The van der Waals surface area contributed by atoms with Crippen LogP contribution in [-0.4, -0.2) is 39.4 Å². The maximum Gasteiger partial charge on any atom is 0.333 e. The number of amides is 1. The number of benzene rings is 1. The third-order valence-electron chi connectivity index (χ3n) is 5.91. The summed E-state index contributed by atoms with van der Waals surface area (Å²) in [6.07, 6.45) is 4.75. The van der Waals surface area contributed by atoms with Gasteiger partial charge in [0.25, 0.3) is 5.56 Å². The van der Waals surface area contributed by atoms with Crippen LogP contribution in [0.25, 0.3) is 10.3 Å². The molecule has 1 saturated heterocycles. The molecular weight excluding hydrogens is 458 g/mol. The lowest BCUT2D eigenvalue weighted by molar-refractivity contribution is -0.116. The second kappa shape index (κ2) is 10.1. The molecule has 0 saturated carbocycles. The van der Waals surface area contributed by atoms with Gasteiger partial charge in [-0.2, -0.15) is 0 Å². The highest BCUT2D eigenvalue weighted by Crippen LogP contribution is 2.29. The molecule has 0 unspecified atom stereocenters. The van der Waals surface area contributed by atoms with E-state index in [1.54, 1.807) is 11.8 Å². The number of aromatic nitrogens is 3. The first-order valence-electron chi connectivity index (χ1n) is 11.2. The van der Waals surface area contributed by atoms with E-state index in [9.17, 15) is 14.4 Å². The number of hydrogen-bond acceptors (Lipinski definition) is 7. The smallest absolute Gasteiger partial charge is 0.333 e. The lowest BCUT2D eigenvalue weighted by atomic mass is 10.00. The molecule has 1 amide bonds. The first-order valence-corrected chi connectivity index (χ1v) is 13.3. The molecule has 0 spiro atoms. The zero-order chi connectivity index (χ0) is 23.5. The molecule has 3 heterocycles.